The number of allylic oxidation sites excluding steroid dienone is 12. The Hall–Kier alpha value is -2.51. The molecule has 0 aliphatic rings. The average molecular weight is 693 g/mol. The van der Waals surface area contributed by atoms with Gasteiger partial charge in [-0.1, -0.05) is 132 Å². The predicted molar refractivity (Wildman–Crippen MR) is 197 cm³/mol. The Morgan fingerprint density at radius 2 is 0.979 bits per heavy atom. The van der Waals surface area contributed by atoms with Crippen molar-refractivity contribution in [3.63, 3.8) is 0 Å². The van der Waals surface area contributed by atoms with Gasteiger partial charge in [0.15, 0.2) is 6.10 Å². The number of carbonyl (C=O) groups excluding carboxylic acids is 2. The maximum Gasteiger partial charge on any atom is 0.469 e. The molecule has 0 aliphatic heterocycles. The van der Waals surface area contributed by atoms with Gasteiger partial charge in [-0.3, -0.25) is 14.1 Å². The molecular formula is C39H65O8P. The largest absolute Gasteiger partial charge is 0.469 e. The van der Waals surface area contributed by atoms with Crippen molar-refractivity contribution in [2.24, 2.45) is 0 Å². The third-order valence-electron chi connectivity index (χ3n) is 7.21. The van der Waals surface area contributed by atoms with Gasteiger partial charge in [-0.15, -0.1) is 0 Å². The number of phosphoric acid groups is 1. The predicted octanol–water partition coefficient (Wildman–Crippen LogP) is 10.7. The molecule has 0 saturated carbocycles. The second-order valence-electron chi connectivity index (χ2n) is 11.8. The highest BCUT2D eigenvalue weighted by Gasteiger charge is 2.22. The van der Waals surface area contributed by atoms with Gasteiger partial charge in [0.2, 0.25) is 0 Å². The quantitative estimate of drug-likeness (QED) is 0.0309. The third-order valence-corrected chi connectivity index (χ3v) is 7.70. The zero-order valence-electron chi connectivity index (χ0n) is 29.9. The summed E-state index contributed by atoms with van der Waals surface area (Å²) in [6.45, 7) is 3.52. The lowest BCUT2D eigenvalue weighted by molar-refractivity contribution is -0.161. The molecule has 0 rings (SSSR count). The van der Waals surface area contributed by atoms with Crippen LogP contribution in [0.3, 0.4) is 0 Å². The molecule has 0 heterocycles. The summed E-state index contributed by atoms with van der Waals surface area (Å²) in [4.78, 5) is 42.6. The maximum absolute atomic E-state index is 12.3. The standard InChI is InChI=1S/C39H65O8P/c1-3-5-7-9-11-13-15-17-18-19-20-22-23-25-27-29-31-33-38(40)45-35-37(36-46-48(42,43)44)47-39(41)34-32-30-28-26-24-21-16-14-12-10-8-6-4-2/h11,13,17-18,20-22,24-25,27-28,30,37H,3-10,12,14-16,19,23,26,29,31-36H2,1-2H3,(H2,42,43,44)/b13-11+,18-17+,22-20+,24-21+,27-25+,30-28+. The SMILES string of the molecule is CCCCC/C=C/C/C=C/C/C=C/C/C=C/CCCC(=O)OCC(COP(=O)(O)O)OC(=O)CC/C=C/C/C=C/CCCCCCCC. The number of carbonyl (C=O) groups is 2. The van der Waals surface area contributed by atoms with E-state index < -0.39 is 32.5 Å². The Kier molecular flexibility index (Phi) is 32.6. The molecule has 0 saturated heterocycles. The van der Waals surface area contributed by atoms with E-state index in [0.29, 0.717) is 12.8 Å². The molecule has 274 valence electrons. The summed E-state index contributed by atoms with van der Waals surface area (Å²) in [6.07, 6.45) is 43.6. The summed E-state index contributed by atoms with van der Waals surface area (Å²) in [7, 11) is -4.78. The van der Waals surface area contributed by atoms with Gasteiger partial charge in [0.1, 0.15) is 6.61 Å². The Labute approximate surface area is 291 Å². The van der Waals surface area contributed by atoms with Gasteiger partial charge in [0, 0.05) is 12.8 Å². The summed E-state index contributed by atoms with van der Waals surface area (Å²) in [5.41, 5.74) is 0. The zero-order valence-corrected chi connectivity index (χ0v) is 30.7. The summed E-state index contributed by atoms with van der Waals surface area (Å²) in [5, 5.41) is 0. The van der Waals surface area contributed by atoms with Crippen LogP contribution in [-0.2, 0) is 28.2 Å². The van der Waals surface area contributed by atoms with Crippen molar-refractivity contribution in [1.29, 1.82) is 0 Å². The molecule has 9 heteroatoms. The molecular weight excluding hydrogens is 627 g/mol. The molecule has 0 aromatic heterocycles. The lowest BCUT2D eigenvalue weighted by Gasteiger charge is -2.18. The van der Waals surface area contributed by atoms with E-state index in [1.54, 1.807) is 0 Å². The van der Waals surface area contributed by atoms with Crippen molar-refractivity contribution in [2.45, 2.75) is 148 Å². The minimum Gasteiger partial charge on any atom is -0.462 e. The molecule has 8 nitrogen and oxygen atoms in total. The van der Waals surface area contributed by atoms with Crippen LogP contribution in [0.1, 0.15) is 142 Å². The van der Waals surface area contributed by atoms with E-state index in [0.717, 1.165) is 38.5 Å². The highest BCUT2D eigenvalue weighted by Crippen LogP contribution is 2.35. The minimum absolute atomic E-state index is 0.0907. The molecule has 0 fully saturated rings. The van der Waals surface area contributed by atoms with Gasteiger partial charge in [-0.25, -0.2) is 4.57 Å². The number of ether oxygens (including phenoxy) is 2. The zero-order chi connectivity index (χ0) is 35.4. The lowest BCUT2D eigenvalue weighted by Crippen LogP contribution is -2.29. The fourth-order valence-electron chi connectivity index (χ4n) is 4.47. The molecule has 1 atom stereocenters. The van der Waals surface area contributed by atoms with Crippen LogP contribution in [0.15, 0.2) is 72.9 Å². The van der Waals surface area contributed by atoms with E-state index in [-0.39, 0.29) is 19.4 Å². The maximum atomic E-state index is 12.3. The van der Waals surface area contributed by atoms with Crippen LogP contribution in [-0.4, -0.2) is 41.0 Å². The second-order valence-corrected chi connectivity index (χ2v) is 13.1. The molecule has 1 unspecified atom stereocenters. The normalized spacial score (nSPS) is 13.3. The van der Waals surface area contributed by atoms with E-state index in [2.05, 4.69) is 73.1 Å². The van der Waals surface area contributed by atoms with Gasteiger partial charge < -0.3 is 19.3 Å². The van der Waals surface area contributed by atoms with Crippen molar-refractivity contribution in [2.75, 3.05) is 13.2 Å². The Morgan fingerprint density at radius 3 is 1.52 bits per heavy atom. The fourth-order valence-corrected chi connectivity index (χ4v) is 4.84. The molecule has 0 amide bonds. The molecule has 2 N–H and O–H groups in total. The first-order chi connectivity index (χ1) is 23.3. The minimum atomic E-state index is -4.78. The first kappa shape index (κ1) is 45.5. The Morgan fingerprint density at radius 1 is 0.542 bits per heavy atom. The monoisotopic (exact) mass is 692 g/mol. The summed E-state index contributed by atoms with van der Waals surface area (Å²) >= 11 is 0. The van der Waals surface area contributed by atoms with Crippen LogP contribution in [0.5, 0.6) is 0 Å². The molecule has 0 bridgehead atoms. The second kappa shape index (κ2) is 34.4. The Balaban J connectivity index is 4.18. The molecule has 48 heavy (non-hydrogen) atoms. The molecule has 0 spiro atoms. The van der Waals surface area contributed by atoms with Crippen molar-refractivity contribution >= 4 is 19.8 Å². The van der Waals surface area contributed by atoms with Gasteiger partial charge in [-0.2, -0.15) is 0 Å². The number of rotatable bonds is 32. The van der Waals surface area contributed by atoms with Crippen LogP contribution >= 0.6 is 7.82 Å². The van der Waals surface area contributed by atoms with Crippen molar-refractivity contribution < 1.29 is 37.9 Å². The average Bonchev–Trinajstić information content (AvgIpc) is 3.05. The molecule has 0 aromatic rings. The van der Waals surface area contributed by atoms with Crippen molar-refractivity contribution in [3.05, 3.63) is 72.9 Å². The first-order valence-electron chi connectivity index (χ1n) is 18.2. The molecule has 0 radical (unpaired) electrons. The van der Waals surface area contributed by atoms with Crippen LogP contribution in [0.2, 0.25) is 0 Å². The van der Waals surface area contributed by atoms with Crippen LogP contribution in [0.25, 0.3) is 0 Å². The summed E-state index contributed by atoms with van der Waals surface area (Å²) < 4.78 is 26.1. The number of unbranched alkanes of at least 4 members (excludes halogenated alkanes) is 10. The first-order valence-corrected chi connectivity index (χ1v) is 19.8. The van der Waals surface area contributed by atoms with Crippen LogP contribution in [0.4, 0.5) is 0 Å². The van der Waals surface area contributed by atoms with Crippen LogP contribution in [0, 0.1) is 0 Å². The van der Waals surface area contributed by atoms with Gasteiger partial charge in [0.05, 0.1) is 6.61 Å². The number of esters is 2. The van der Waals surface area contributed by atoms with E-state index in [9.17, 15) is 14.2 Å². The summed E-state index contributed by atoms with van der Waals surface area (Å²) in [6, 6.07) is 0. The van der Waals surface area contributed by atoms with E-state index in [1.807, 2.05) is 18.2 Å². The smallest absolute Gasteiger partial charge is 0.462 e. The highest BCUT2D eigenvalue weighted by atomic mass is 31.2. The summed E-state index contributed by atoms with van der Waals surface area (Å²) in [5.74, 6) is -1.04. The van der Waals surface area contributed by atoms with Crippen molar-refractivity contribution in [1.82, 2.24) is 0 Å². The highest BCUT2D eigenvalue weighted by molar-refractivity contribution is 7.46. The van der Waals surface area contributed by atoms with E-state index >= 15 is 0 Å². The van der Waals surface area contributed by atoms with E-state index in [1.165, 1.54) is 64.2 Å². The number of hydrogen-bond donors (Lipinski definition) is 2. The van der Waals surface area contributed by atoms with Gasteiger partial charge >= 0.3 is 19.8 Å². The lowest BCUT2D eigenvalue weighted by atomic mass is 10.1. The van der Waals surface area contributed by atoms with Gasteiger partial charge in [0.25, 0.3) is 0 Å². The number of hydrogen-bond acceptors (Lipinski definition) is 6. The van der Waals surface area contributed by atoms with E-state index in [4.69, 9.17) is 19.3 Å². The topological polar surface area (TPSA) is 119 Å². The molecule has 0 aromatic carbocycles. The van der Waals surface area contributed by atoms with Gasteiger partial charge in [-0.05, 0) is 70.6 Å². The van der Waals surface area contributed by atoms with Crippen LogP contribution < -0.4 is 0 Å². The number of phosphoric ester groups is 1. The molecule has 0 aliphatic carbocycles. The third kappa shape index (κ3) is 36.3. The Bertz CT molecular complexity index is 1010. The fraction of sp³-hybridized carbons (Fsp3) is 0.641. The van der Waals surface area contributed by atoms with Crippen molar-refractivity contribution in [3.8, 4) is 0 Å².